The number of nitrogens with one attached hydrogen (secondary N) is 1. The lowest BCUT2D eigenvalue weighted by Gasteiger charge is -2.26. The van der Waals surface area contributed by atoms with E-state index >= 15 is 0 Å². The van der Waals surface area contributed by atoms with Gasteiger partial charge < -0.3 is 15.5 Å². The van der Waals surface area contributed by atoms with Crippen LogP contribution in [0.25, 0.3) is 0 Å². The monoisotopic (exact) mass is 213 g/mol. The first kappa shape index (κ1) is 12.2. The highest BCUT2D eigenvalue weighted by atomic mass is 16.3. The van der Waals surface area contributed by atoms with Gasteiger partial charge in [-0.1, -0.05) is 0 Å². The molecule has 1 heterocycles. The molecule has 86 valence electrons. The summed E-state index contributed by atoms with van der Waals surface area (Å²) >= 11 is 0. The fourth-order valence-electron chi connectivity index (χ4n) is 1.30. The van der Waals surface area contributed by atoms with Gasteiger partial charge in [0.05, 0.1) is 30.1 Å². The van der Waals surface area contributed by atoms with Crippen molar-refractivity contribution in [2.24, 2.45) is 7.05 Å². The second-order valence-corrected chi connectivity index (χ2v) is 4.13. The molecule has 0 atom stereocenters. The molecule has 0 aliphatic rings. The molecular formula is C10H19N3O2. The van der Waals surface area contributed by atoms with E-state index in [1.165, 1.54) is 0 Å². The van der Waals surface area contributed by atoms with E-state index < -0.39 is 5.54 Å². The van der Waals surface area contributed by atoms with Crippen molar-refractivity contribution in [3.05, 3.63) is 17.5 Å². The van der Waals surface area contributed by atoms with Crippen LogP contribution in [0.1, 0.15) is 18.3 Å². The summed E-state index contributed by atoms with van der Waals surface area (Å²) < 4.78 is 1.79. The topological polar surface area (TPSA) is 70.3 Å². The Bertz CT molecular complexity index is 318. The smallest absolute Gasteiger partial charge is 0.0633 e. The van der Waals surface area contributed by atoms with Crippen molar-refractivity contribution < 1.29 is 10.2 Å². The Morgan fingerprint density at radius 1 is 1.47 bits per heavy atom. The minimum atomic E-state index is -0.641. The molecule has 5 nitrogen and oxygen atoms in total. The largest absolute Gasteiger partial charge is 0.394 e. The van der Waals surface area contributed by atoms with E-state index in [1.807, 2.05) is 20.0 Å². The van der Waals surface area contributed by atoms with Gasteiger partial charge in [0.1, 0.15) is 0 Å². The molecule has 0 aliphatic heterocycles. The third kappa shape index (κ3) is 3.02. The average molecular weight is 213 g/mol. The van der Waals surface area contributed by atoms with Gasteiger partial charge in [0.25, 0.3) is 0 Å². The highest BCUT2D eigenvalue weighted by Crippen LogP contribution is 2.06. The third-order valence-electron chi connectivity index (χ3n) is 2.49. The number of rotatable bonds is 5. The number of aliphatic hydroxyl groups is 2. The summed E-state index contributed by atoms with van der Waals surface area (Å²) in [5.41, 5.74) is 1.35. The molecule has 1 rings (SSSR count). The highest BCUT2D eigenvalue weighted by Gasteiger charge is 2.21. The molecule has 0 aromatic carbocycles. The molecule has 0 unspecified atom stereocenters. The lowest BCUT2D eigenvalue weighted by atomic mass is 10.1. The van der Waals surface area contributed by atoms with Gasteiger partial charge in [-0.3, -0.25) is 4.68 Å². The predicted molar refractivity (Wildman–Crippen MR) is 57.4 cm³/mol. The number of hydrogen-bond acceptors (Lipinski definition) is 4. The summed E-state index contributed by atoms with van der Waals surface area (Å²) in [6.07, 6.45) is 0. The van der Waals surface area contributed by atoms with E-state index in [0.29, 0.717) is 6.54 Å². The molecule has 3 N–H and O–H groups in total. The third-order valence-corrected chi connectivity index (χ3v) is 2.49. The summed E-state index contributed by atoms with van der Waals surface area (Å²) in [7, 11) is 1.87. The molecule has 5 heteroatoms. The normalized spacial score (nSPS) is 12.1. The molecule has 1 aromatic heterocycles. The van der Waals surface area contributed by atoms with Crippen molar-refractivity contribution in [2.45, 2.75) is 25.9 Å². The maximum absolute atomic E-state index is 9.09. The molecule has 0 bridgehead atoms. The van der Waals surface area contributed by atoms with Crippen LogP contribution in [0.2, 0.25) is 0 Å². The first-order valence-corrected chi connectivity index (χ1v) is 4.97. The Hall–Kier alpha value is -0.910. The molecule has 0 spiro atoms. The van der Waals surface area contributed by atoms with Crippen LogP contribution in [-0.4, -0.2) is 38.7 Å². The van der Waals surface area contributed by atoms with Crippen LogP contribution in [0, 0.1) is 6.92 Å². The maximum Gasteiger partial charge on any atom is 0.0633 e. The number of aromatic nitrogens is 2. The molecule has 0 aliphatic carbocycles. The lowest BCUT2D eigenvalue weighted by molar-refractivity contribution is 0.102. The number of hydrogen-bond donors (Lipinski definition) is 3. The standard InChI is InChI=1S/C10H19N3O2/c1-8-4-9(13(3)12-8)5-11-10(2,6-14)7-15/h4,11,14-15H,5-7H2,1-3H3. The Balaban J connectivity index is 2.60. The van der Waals surface area contributed by atoms with Crippen molar-refractivity contribution in [3.8, 4) is 0 Å². The second-order valence-electron chi connectivity index (χ2n) is 4.13. The van der Waals surface area contributed by atoms with Crippen molar-refractivity contribution >= 4 is 0 Å². The summed E-state index contributed by atoms with van der Waals surface area (Å²) in [5, 5.41) is 25.5. The van der Waals surface area contributed by atoms with E-state index in [-0.39, 0.29) is 13.2 Å². The van der Waals surface area contributed by atoms with Gasteiger partial charge >= 0.3 is 0 Å². The van der Waals surface area contributed by atoms with Crippen LogP contribution in [0.5, 0.6) is 0 Å². The average Bonchev–Trinajstić information content (AvgIpc) is 2.54. The van der Waals surface area contributed by atoms with Crippen LogP contribution in [0.4, 0.5) is 0 Å². The lowest BCUT2D eigenvalue weighted by Crippen LogP contribution is -2.48. The predicted octanol–water partition coefficient (Wildman–Crippen LogP) is -0.439. The molecule has 1 aromatic rings. The molecule has 0 saturated heterocycles. The van der Waals surface area contributed by atoms with E-state index in [1.54, 1.807) is 11.6 Å². The SMILES string of the molecule is Cc1cc(CNC(C)(CO)CO)n(C)n1. The fourth-order valence-corrected chi connectivity index (χ4v) is 1.30. The minimum Gasteiger partial charge on any atom is -0.394 e. The molecule has 0 amide bonds. The second kappa shape index (κ2) is 4.74. The van der Waals surface area contributed by atoms with Crippen LogP contribution >= 0.6 is 0 Å². The first-order valence-electron chi connectivity index (χ1n) is 4.97. The Morgan fingerprint density at radius 3 is 2.47 bits per heavy atom. The minimum absolute atomic E-state index is 0.0969. The number of aliphatic hydroxyl groups excluding tert-OH is 2. The van der Waals surface area contributed by atoms with E-state index in [2.05, 4.69) is 10.4 Å². The Kier molecular flexibility index (Phi) is 3.84. The van der Waals surface area contributed by atoms with Gasteiger partial charge in [-0.15, -0.1) is 0 Å². The summed E-state index contributed by atoms with van der Waals surface area (Å²) in [6.45, 7) is 4.09. The fraction of sp³-hybridized carbons (Fsp3) is 0.700. The van der Waals surface area contributed by atoms with Crippen molar-refractivity contribution in [1.82, 2.24) is 15.1 Å². The quantitative estimate of drug-likeness (QED) is 0.620. The first-order chi connectivity index (χ1) is 7.00. The van der Waals surface area contributed by atoms with Gasteiger partial charge in [-0.25, -0.2) is 0 Å². The van der Waals surface area contributed by atoms with E-state index in [9.17, 15) is 0 Å². The Labute approximate surface area is 89.7 Å². The van der Waals surface area contributed by atoms with E-state index in [0.717, 1.165) is 11.4 Å². The molecule has 0 fully saturated rings. The summed E-state index contributed by atoms with van der Waals surface area (Å²) in [4.78, 5) is 0. The maximum atomic E-state index is 9.09. The zero-order chi connectivity index (χ0) is 11.5. The van der Waals surface area contributed by atoms with E-state index in [4.69, 9.17) is 10.2 Å². The summed E-state index contributed by atoms with van der Waals surface area (Å²) in [5.74, 6) is 0. The number of nitrogens with zero attached hydrogens (tertiary/aromatic N) is 2. The summed E-state index contributed by atoms with van der Waals surface area (Å²) in [6, 6.07) is 1.97. The van der Waals surface area contributed by atoms with Crippen LogP contribution < -0.4 is 5.32 Å². The van der Waals surface area contributed by atoms with Crippen molar-refractivity contribution in [3.63, 3.8) is 0 Å². The molecule has 0 saturated carbocycles. The highest BCUT2D eigenvalue weighted by molar-refractivity contribution is 5.08. The number of aryl methyl sites for hydroxylation is 2. The van der Waals surface area contributed by atoms with Crippen LogP contribution in [0.15, 0.2) is 6.07 Å². The zero-order valence-electron chi connectivity index (χ0n) is 9.49. The van der Waals surface area contributed by atoms with Gasteiger partial charge in [0.2, 0.25) is 0 Å². The van der Waals surface area contributed by atoms with Gasteiger partial charge in [0.15, 0.2) is 0 Å². The van der Waals surface area contributed by atoms with Crippen LogP contribution in [-0.2, 0) is 13.6 Å². The van der Waals surface area contributed by atoms with Crippen molar-refractivity contribution in [1.29, 1.82) is 0 Å². The van der Waals surface area contributed by atoms with Crippen molar-refractivity contribution in [2.75, 3.05) is 13.2 Å². The van der Waals surface area contributed by atoms with Crippen LogP contribution in [0.3, 0.4) is 0 Å². The van der Waals surface area contributed by atoms with Gasteiger partial charge in [-0.05, 0) is 19.9 Å². The molecular weight excluding hydrogens is 194 g/mol. The Morgan fingerprint density at radius 2 is 2.07 bits per heavy atom. The molecule has 0 radical (unpaired) electrons. The van der Waals surface area contributed by atoms with Gasteiger partial charge in [-0.2, -0.15) is 5.10 Å². The molecule has 15 heavy (non-hydrogen) atoms. The zero-order valence-corrected chi connectivity index (χ0v) is 9.49. The van der Waals surface area contributed by atoms with Gasteiger partial charge in [0, 0.05) is 13.6 Å².